The van der Waals surface area contributed by atoms with Gasteiger partial charge < -0.3 is 9.80 Å². The molecular weight excluding hydrogens is 326 g/mol. The minimum atomic E-state index is 0.586. The second-order valence-electron chi connectivity index (χ2n) is 6.19. The Labute approximate surface area is 152 Å². The minimum Gasteiger partial charge on any atom is -0.353 e. The van der Waals surface area contributed by atoms with Crippen molar-refractivity contribution in [3.63, 3.8) is 0 Å². The normalized spacial score (nSPS) is 14.3. The van der Waals surface area contributed by atoms with Crippen molar-refractivity contribution in [3.05, 3.63) is 60.3 Å². The fourth-order valence-electron chi connectivity index (χ4n) is 3.15. The largest absolute Gasteiger partial charge is 0.353 e. The highest BCUT2D eigenvalue weighted by Gasteiger charge is 2.19. The zero-order valence-corrected chi connectivity index (χ0v) is 14.6. The predicted molar refractivity (Wildman–Crippen MR) is 99.5 cm³/mol. The number of hydrogen-bond acceptors (Lipinski definition) is 6. The molecule has 3 aromatic rings. The SMILES string of the molecule is Cc1nccn1-c1cccc(N2CCN(c3ccc(C#N)cn3)CC2)n1. The number of anilines is 2. The van der Waals surface area contributed by atoms with E-state index in [4.69, 9.17) is 10.2 Å². The van der Waals surface area contributed by atoms with Crippen molar-refractivity contribution in [2.45, 2.75) is 6.92 Å². The van der Waals surface area contributed by atoms with Gasteiger partial charge in [0.25, 0.3) is 0 Å². The third-order valence-corrected chi connectivity index (χ3v) is 4.60. The molecule has 0 aromatic carbocycles. The van der Waals surface area contributed by atoms with Gasteiger partial charge in [0.2, 0.25) is 0 Å². The van der Waals surface area contributed by atoms with Gasteiger partial charge in [-0.05, 0) is 31.2 Å². The van der Waals surface area contributed by atoms with Gasteiger partial charge in [-0.1, -0.05) is 6.07 Å². The molecule has 0 radical (unpaired) electrons. The maximum absolute atomic E-state index is 8.88. The second kappa shape index (κ2) is 6.84. The number of nitriles is 1. The summed E-state index contributed by atoms with van der Waals surface area (Å²) < 4.78 is 1.99. The van der Waals surface area contributed by atoms with Gasteiger partial charge in [-0.3, -0.25) is 4.57 Å². The fraction of sp³-hybridized carbons (Fsp3) is 0.263. The van der Waals surface area contributed by atoms with Gasteiger partial charge in [0.1, 0.15) is 29.3 Å². The number of piperazine rings is 1. The smallest absolute Gasteiger partial charge is 0.140 e. The number of aryl methyl sites for hydroxylation is 1. The van der Waals surface area contributed by atoms with E-state index >= 15 is 0 Å². The maximum Gasteiger partial charge on any atom is 0.140 e. The third-order valence-electron chi connectivity index (χ3n) is 4.60. The average molecular weight is 345 g/mol. The van der Waals surface area contributed by atoms with Crippen molar-refractivity contribution < 1.29 is 0 Å². The molecule has 7 heteroatoms. The van der Waals surface area contributed by atoms with Gasteiger partial charge in [-0.15, -0.1) is 0 Å². The van der Waals surface area contributed by atoms with E-state index in [1.807, 2.05) is 48.0 Å². The highest BCUT2D eigenvalue weighted by molar-refractivity contribution is 5.47. The molecule has 26 heavy (non-hydrogen) atoms. The zero-order valence-electron chi connectivity index (χ0n) is 14.6. The number of pyridine rings is 2. The molecule has 0 unspecified atom stereocenters. The minimum absolute atomic E-state index is 0.586. The summed E-state index contributed by atoms with van der Waals surface area (Å²) in [7, 11) is 0. The summed E-state index contributed by atoms with van der Waals surface area (Å²) in [6.45, 7) is 5.46. The molecule has 3 aromatic heterocycles. The Kier molecular flexibility index (Phi) is 4.23. The lowest BCUT2D eigenvalue weighted by Crippen LogP contribution is -2.47. The number of nitrogens with zero attached hydrogens (tertiary/aromatic N) is 7. The Bertz CT molecular complexity index is 931. The maximum atomic E-state index is 8.88. The number of imidazole rings is 1. The predicted octanol–water partition coefficient (Wildman–Crippen LogP) is 2.17. The summed E-state index contributed by atoms with van der Waals surface area (Å²) in [6.07, 6.45) is 5.34. The van der Waals surface area contributed by atoms with Gasteiger partial charge in [0.15, 0.2) is 0 Å². The molecule has 7 nitrogen and oxygen atoms in total. The van der Waals surface area contributed by atoms with E-state index in [1.165, 1.54) is 0 Å². The number of aromatic nitrogens is 4. The summed E-state index contributed by atoms with van der Waals surface area (Å²) >= 11 is 0. The molecule has 4 rings (SSSR count). The average Bonchev–Trinajstić information content (AvgIpc) is 3.14. The van der Waals surface area contributed by atoms with Crippen LogP contribution in [0.25, 0.3) is 5.82 Å². The lowest BCUT2D eigenvalue weighted by molar-refractivity contribution is 0.641. The summed E-state index contributed by atoms with van der Waals surface area (Å²) in [5, 5.41) is 8.88. The highest BCUT2D eigenvalue weighted by Crippen LogP contribution is 2.19. The van der Waals surface area contributed by atoms with E-state index in [-0.39, 0.29) is 0 Å². The molecule has 0 atom stereocenters. The molecule has 0 N–H and O–H groups in total. The molecule has 0 saturated carbocycles. The molecule has 0 spiro atoms. The topological polar surface area (TPSA) is 73.9 Å². The Morgan fingerprint density at radius 1 is 0.923 bits per heavy atom. The molecule has 1 aliphatic heterocycles. The molecule has 1 saturated heterocycles. The van der Waals surface area contributed by atoms with E-state index in [2.05, 4.69) is 25.8 Å². The Morgan fingerprint density at radius 2 is 1.65 bits per heavy atom. The fourth-order valence-corrected chi connectivity index (χ4v) is 3.15. The molecule has 0 bridgehead atoms. The van der Waals surface area contributed by atoms with Crippen LogP contribution in [0.4, 0.5) is 11.6 Å². The molecular formula is C19H19N7. The first-order valence-corrected chi connectivity index (χ1v) is 8.58. The number of hydrogen-bond donors (Lipinski definition) is 0. The van der Waals surface area contributed by atoms with E-state index in [0.717, 1.165) is 49.5 Å². The molecule has 1 aliphatic rings. The van der Waals surface area contributed by atoms with Gasteiger partial charge in [-0.2, -0.15) is 5.26 Å². The van der Waals surface area contributed by atoms with E-state index < -0.39 is 0 Å². The molecule has 130 valence electrons. The summed E-state index contributed by atoms with van der Waals surface area (Å²) in [5.41, 5.74) is 0.586. The molecule has 1 fully saturated rings. The summed E-state index contributed by atoms with van der Waals surface area (Å²) in [4.78, 5) is 18.0. The first kappa shape index (κ1) is 16.1. The van der Waals surface area contributed by atoms with Gasteiger partial charge in [-0.25, -0.2) is 15.0 Å². The van der Waals surface area contributed by atoms with Crippen LogP contribution >= 0.6 is 0 Å². The Hall–Kier alpha value is -3.40. The van der Waals surface area contributed by atoms with Crippen LogP contribution in [0.2, 0.25) is 0 Å². The number of rotatable bonds is 3. The van der Waals surface area contributed by atoms with Crippen LogP contribution in [0.15, 0.2) is 48.9 Å². The van der Waals surface area contributed by atoms with Crippen molar-refractivity contribution in [1.29, 1.82) is 5.26 Å². The van der Waals surface area contributed by atoms with Crippen LogP contribution in [0.1, 0.15) is 11.4 Å². The third kappa shape index (κ3) is 3.09. The Morgan fingerprint density at radius 3 is 2.27 bits per heavy atom. The summed E-state index contributed by atoms with van der Waals surface area (Å²) in [6, 6.07) is 11.9. The Balaban J connectivity index is 1.46. The monoisotopic (exact) mass is 345 g/mol. The summed E-state index contributed by atoms with van der Waals surface area (Å²) in [5.74, 6) is 3.70. The van der Waals surface area contributed by atoms with Crippen LogP contribution in [-0.4, -0.2) is 45.7 Å². The highest BCUT2D eigenvalue weighted by atomic mass is 15.3. The quantitative estimate of drug-likeness (QED) is 0.724. The van der Waals surface area contributed by atoms with Crippen LogP contribution in [-0.2, 0) is 0 Å². The standard InChI is InChI=1S/C19H19N7/c1-15-21-7-8-26(15)19-4-2-3-18(23-19)25-11-9-24(10-12-25)17-6-5-16(13-20)14-22-17/h2-8,14H,9-12H2,1H3. The van der Waals surface area contributed by atoms with Crippen molar-refractivity contribution in [2.75, 3.05) is 36.0 Å². The lowest BCUT2D eigenvalue weighted by atomic mass is 10.2. The van der Waals surface area contributed by atoms with Crippen LogP contribution in [0.5, 0.6) is 0 Å². The van der Waals surface area contributed by atoms with Crippen molar-refractivity contribution in [3.8, 4) is 11.9 Å². The van der Waals surface area contributed by atoms with Gasteiger partial charge in [0.05, 0.1) is 5.56 Å². The first-order chi connectivity index (χ1) is 12.7. The van der Waals surface area contributed by atoms with Crippen LogP contribution in [0, 0.1) is 18.3 Å². The second-order valence-corrected chi connectivity index (χ2v) is 6.19. The van der Waals surface area contributed by atoms with Crippen molar-refractivity contribution in [1.82, 2.24) is 19.5 Å². The van der Waals surface area contributed by atoms with E-state index in [1.54, 1.807) is 12.4 Å². The van der Waals surface area contributed by atoms with Gasteiger partial charge >= 0.3 is 0 Å². The van der Waals surface area contributed by atoms with Gasteiger partial charge in [0, 0.05) is 44.8 Å². The van der Waals surface area contributed by atoms with Crippen molar-refractivity contribution in [2.24, 2.45) is 0 Å². The zero-order chi connectivity index (χ0) is 17.9. The lowest BCUT2D eigenvalue weighted by Gasteiger charge is -2.36. The molecule has 4 heterocycles. The van der Waals surface area contributed by atoms with Crippen LogP contribution < -0.4 is 9.80 Å². The van der Waals surface area contributed by atoms with Crippen molar-refractivity contribution >= 4 is 11.6 Å². The molecule has 0 amide bonds. The van der Waals surface area contributed by atoms with Crippen LogP contribution in [0.3, 0.4) is 0 Å². The van der Waals surface area contributed by atoms with E-state index in [9.17, 15) is 0 Å². The van der Waals surface area contributed by atoms with E-state index in [0.29, 0.717) is 5.56 Å². The molecule has 0 aliphatic carbocycles. The first-order valence-electron chi connectivity index (χ1n) is 8.58.